The van der Waals surface area contributed by atoms with Gasteiger partial charge in [0.15, 0.2) is 0 Å². The lowest BCUT2D eigenvalue weighted by Crippen LogP contribution is -2.66. The van der Waals surface area contributed by atoms with E-state index in [-0.39, 0.29) is 54.2 Å². The number of morpholine rings is 1. The van der Waals surface area contributed by atoms with Crippen molar-refractivity contribution in [3.05, 3.63) is 59.4 Å². The summed E-state index contributed by atoms with van der Waals surface area (Å²) in [5.74, 6) is -2.67. The van der Waals surface area contributed by atoms with Gasteiger partial charge in [-0.1, -0.05) is 25.1 Å². The van der Waals surface area contributed by atoms with E-state index in [1.54, 1.807) is 24.0 Å². The zero-order chi connectivity index (χ0) is 23.8. The third-order valence-electron chi connectivity index (χ3n) is 6.52. The lowest BCUT2D eigenvalue weighted by atomic mass is 9.79. The van der Waals surface area contributed by atoms with Crippen LogP contribution >= 0.6 is 0 Å². The lowest BCUT2D eigenvalue weighted by molar-refractivity contribution is -0.137. The number of nitrogens with one attached hydrogen (secondary N) is 2. The molecule has 2 aromatic rings. The number of amides is 3. The Hall–Kier alpha value is -3.07. The van der Waals surface area contributed by atoms with Crippen LogP contribution in [0.3, 0.4) is 0 Å². The molecule has 4 rings (SSSR count). The summed E-state index contributed by atoms with van der Waals surface area (Å²) >= 11 is 0. The highest BCUT2D eigenvalue weighted by molar-refractivity contribution is 5.80. The summed E-state index contributed by atoms with van der Waals surface area (Å²) in [5, 5.41) is 5.79. The predicted molar refractivity (Wildman–Crippen MR) is 116 cm³/mol. The third kappa shape index (κ3) is 4.29. The van der Waals surface area contributed by atoms with Crippen LogP contribution < -0.4 is 10.6 Å². The number of carbonyl (C=O) groups is 2. The van der Waals surface area contributed by atoms with Crippen molar-refractivity contribution in [1.82, 2.24) is 15.5 Å². The summed E-state index contributed by atoms with van der Waals surface area (Å²) in [6.07, 6.45) is 0.0859. The van der Waals surface area contributed by atoms with Crippen LogP contribution in [0.2, 0.25) is 0 Å². The fraction of sp³-hybridized carbons (Fsp3) is 0.417. The summed E-state index contributed by atoms with van der Waals surface area (Å²) in [4.78, 5) is 26.7. The minimum Gasteiger partial charge on any atom is -0.369 e. The first-order chi connectivity index (χ1) is 15.7. The monoisotopic (exact) mass is 461 g/mol. The molecule has 0 radical (unpaired) electrons. The molecule has 2 aliphatic heterocycles. The van der Waals surface area contributed by atoms with Crippen molar-refractivity contribution >= 4 is 11.9 Å². The van der Waals surface area contributed by atoms with Gasteiger partial charge in [0.25, 0.3) is 0 Å². The molecule has 2 N–H and O–H groups in total. The van der Waals surface area contributed by atoms with Gasteiger partial charge in [-0.3, -0.25) is 4.79 Å². The van der Waals surface area contributed by atoms with E-state index < -0.39 is 29.0 Å². The van der Waals surface area contributed by atoms with Crippen LogP contribution in [0.5, 0.6) is 0 Å². The molecule has 0 aliphatic carbocycles. The number of benzene rings is 2. The Bertz CT molecular complexity index is 1060. The first-order valence-electron chi connectivity index (χ1n) is 10.9. The molecule has 3 atom stereocenters. The number of urea groups is 1. The quantitative estimate of drug-likeness (QED) is 0.735. The molecule has 33 heavy (non-hydrogen) atoms. The highest BCUT2D eigenvalue weighted by Gasteiger charge is 2.56. The Balaban J connectivity index is 1.74. The van der Waals surface area contributed by atoms with Crippen LogP contribution in [0.1, 0.15) is 19.4 Å². The van der Waals surface area contributed by atoms with Gasteiger partial charge in [-0.15, -0.1) is 0 Å². The van der Waals surface area contributed by atoms with Crippen LogP contribution in [0.25, 0.3) is 11.1 Å². The summed E-state index contributed by atoms with van der Waals surface area (Å²) in [5.41, 5.74) is -0.478. The molecule has 6 nitrogen and oxygen atoms in total. The molecular formula is C24H26F3N3O3. The number of nitrogens with zero attached hydrogens (tertiary/aromatic N) is 1. The number of hydrogen-bond donors (Lipinski definition) is 2. The molecule has 0 aromatic heterocycles. The van der Waals surface area contributed by atoms with Gasteiger partial charge in [0.2, 0.25) is 5.91 Å². The molecule has 2 saturated heterocycles. The van der Waals surface area contributed by atoms with Gasteiger partial charge >= 0.3 is 6.03 Å². The lowest BCUT2D eigenvalue weighted by Gasteiger charge is -2.43. The van der Waals surface area contributed by atoms with Gasteiger partial charge in [0, 0.05) is 30.6 Å². The zero-order valence-corrected chi connectivity index (χ0v) is 18.5. The molecule has 2 aromatic carbocycles. The SMILES string of the molecule is CCNC(=O)N1CC(C)C2(COCC(=O)N2)C1Cc1cccc(-c2cc(F)cc(F)c2)c1F. The molecule has 176 valence electrons. The van der Waals surface area contributed by atoms with Gasteiger partial charge in [-0.25, -0.2) is 18.0 Å². The van der Waals surface area contributed by atoms with Crippen LogP contribution in [-0.2, 0) is 16.0 Å². The van der Waals surface area contributed by atoms with Crippen molar-refractivity contribution in [2.75, 3.05) is 26.3 Å². The van der Waals surface area contributed by atoms with Crippen LogP contribution in [0.15, 0.2) is 36.4 Å². The largest absolute Gasteiger partial charge is 0.369 e. The fourth-order valence-electron chi connectivity index (χ4n) is 4.93. The average molecular weight is 461 g/mol. The molecule has 1 spiro atoms. The second-order valence-corrected chi connectivity index (χ2v) is 8.63. The Morgan fingerprint density at radius 1 is 1.24 bits per heavy atom. The molecule has 0 bridgehead atoms. The predicted octanol–water partition coefficient (Wildman–Crippen LogP) is 3.25. The molecule has 9 heteroatoms. The molecule has 2 fully saturated rings. The van der Waals surface area contributed by atoms with Gasteiger partial charge in [0.05, 0.1) is 18.2 Å². The van der Waals surface area contributed by atoms with E-state index in [0.29, 0.717) is 13.1 Å². The van der Waals surface area contributed by atoms with Gasteiger partial charge in [-0.05, 0) is 36.6 Å². The molecule has 2 heterocycles. The van der Waals surface area contributed by atoms with Gasteiger partial charge in [0.1, 0.15) is 24.1 Å². The molecule has 0 saturated carbocycles. The minimum absolute atomic E-state index is 0.0551. The molecule has 2 aliphatic rings. The van der Waals surface area contributed by atoms with Crippen molar-refractivity contribution in [3.63, 3.8) is 0 Å². The maximum Gasteiger partial charge on any atom is 0.317 e. The van der Waals surface area contributed by atoms with Crippen molar-refractivity contribution in [3.8, 4) is 11.1 Å². The summed E-state index contributed by atoms with van der Waals surface area (Å²) in [6.45, 7) is 4.62. The normalized spacial score (nSPS) is 24.8. The number of ether oxygens (including phenoxy) is 1. The van der Waals surface area contributed by atoms with E-state index in [1.165, 1.54) is 6.07 Å². The second kappa shape index (κ2) is 9.05. The van der Waals surface area contributed by atoms with Crippen molar-refractivity contribution < 1.29 is 27.5 Å². The van der Waals surface area contributed by atoms with E-state index in [0.717, 1.165) is 18.2 Å². The van der Waals surface area contributed by atoms with Crippen molar-refractivity contribution in [1.29, 1.82) is 0 Å². The molecule has 3 amide bonds. The maximum absolute atomic E-state index is 15.6. The molecular weight excluding hydrogens is 435 g/mol. The number of hydrogen-bond acceptors (Lipinski definition) is 3. The summed E-state index contributed by atoms with van der Waals surface area (Å²) < 4.78 is 48.6. The Morgan fingerprint density at radius 2 is 1.97 bits per heavy atom. The second-order valence-electron chi connectivity index (χ2n) is 8.63. The Labute approximate surface area is 190 Å². The average Bonchev–Trinajstić information content (AvgIpc) is 3.00. The van der Waals surface area contributed by atoms with Crippen molar-refractivity contribution in [2.45, 2.75) is 31.8 Å². The number of likely N-dealkylation sites (tertiary alicyclic amines) is 1. The summed E-state index contributed by atoms with van der Waals surface area (Å²) in [7, 11) is 0. The minimum atomic E-state index is -0.881. The van der Waals surface area contributed by atoms with Crippen LogP contribution in [0, 0.1) is 23.4 Å². The van der Waals surface area contributed by atoms with Gasteiger partial charge < -0.3 is 20.3 Å². The molecule has 3 unspecified atom stereocenters. The van der Waals surface area contributed by atoms with E-state index >= 15 is 4.39 Å². The van der Waals surface area contributed by atoms with Crippen LogP contribution in [-0.4, -0.2) is 54.7 Å². The van der Waals surface area contributed by atoms with Crippen LogP contribution in [0.4, 0.5) is 18.0 Å². The summed E-state index contributed by atoms with van der Waals surface area (Å²) in [6, 6.07) is 6.60. The Morgan fingerprint density at radius 3 is 2.64 bits per heavy atom. The van der Waals surface area contributed by atoms with E-state index in [4.69, 9.17) is 4.74 Å². The van der Waals surface area contributed by atoms with E-state index in [2.05, 4.69) is 10.6 Å². The smallest absolute Gasteiger partial charge is 0.317 e. The number of rotatable bonds is 4. The maximum atomic E-state index is 15.6. The number of halogens is 3. The standard InChI is InChI=1S/C24H26F3N3O3/c1-3-28-23(32)30-11-14(2)24(13-33-12-21(31)29-24)20(30)9-15-5-4-6-19(22(15)27)16-7-17(25)10-18(26)8-16/h4-8,10,14,20H,3,9,11-13H2,1-2H3,(H,28,32)(H,29,31). The number of carbonyl (C=O) groups excluding carboxylic acids is 2. The topological polar surface area (TPSA) is 70.7 Å². The highest BCUT2D eigenvalue weighted by atomic mass is 19.1. The van der Waals surface area contributed by atoms with Gasteiger partial charge in [-0.2, -0.15) is 0 Å². The van der Waals surface area contributed by atoms with E-state index in [1.807, 2.05) is 6.92 Å². The fourth-order valence-corrected chi connectivity index (χ4v) is 4.93. The zero-order valence-electron chi connectivity index (χ0n) is 18.5. The third-order valence-corrected chi connectivity index (χ3v) is 6.52. The highest BCUT2D eigenvalue weighted by Crippen LogP contribution is 2.38. The van der Waals surface area contributed by atoms with Crippen molar-refractivity contribution in [2.24, 2.45) is 5.92 Å². The Kier molecular flexibility index (Phi) is 6.34. The first-order valence-corrected chi connectivity index (χ1v) is 10.9. The van der Waals surface area contributed by atoms with E-state index in [9.17, 15) is 18.4 Å². The first kappa shape index (κ1) is 23.1.